The first-order valence-corrected chi connectivity index (χ1v) is 10.9. The Kier molecular flexibility index (Phi) is 6.29. The van der Waals surface area contributed by atoms with Crippen LogP contribution in [0.15, 0.2) is 63.6 Å². The number of carbonyl (C=O) groups is 1. The number of alkyl halides is 3. The van der Waals surface area contributed by atoms with Crippen molar-refractivity contribution in [2.75, 3.05) is 13.2 Å². The highest BCUT2D eigenvalue weighted by molar-refractivity contribution is 5.82. The Bertz CT molecular complexity index is 1350. The SMILES string of the molecule is O=C(N[C@H]1CCOC1)C(O)c1ccc(-c2noc(-c3onc(-c4ccccc4)c3C(F)(F)F)n2)cc1. The standard InChI is InChI=1S/C24H19F3N4O5/c25-24(26,27)17-18(13-4-2-1-3-5-13)30-35-20(17)23-29-21(31-36-23)15-8-6-14(7-9-15)19(32)22(33)28-16-10-11-34-12-16/h1-9,16,19,32H,10-12H2,(H,28,33)/t16-,19?/m0/s1. The monoisotopic (exact) mass is 500 g/mol. The van der Waals surface area contributed by atoms with Crippen molar-refractivity contribution in [1.82, 2.24) is 20.6 Å². The number of carbonyl (C=O) groups excluding carboxylic acids is 1. The Morgan fingerprint density at radius 2 is 1.78 bits per heavy atom. The lowest BCUT2D eigenvalue weighted by Crippen LogP contribution is -2.38. The summed E-state index contributed by atoms with van der Waals surface area (Å²) in [5.41, 5.74) is -0.583. The summed E-state index contributed by atoms with van der Waals surface area (Å²) >= 11 is 0. The predicted octanol–water partition coefficient (Wildman–Crippen LogP) is 4.02. The van der Waals surface area contributed by atoms with Crippen LogP contribution in [-0.2, 0) is 15.7 Å². The van der Waals surface area contributed by atoms with E-state index in [-0.39, 0.29) is 17.4 Å². The van der Waals surface area contributed by atoms with Gasteiger partial charge in [0, 0.05) is 17.7 Å². The molecule has 2 atom stereocenters. The topological polar surface area (TPSA) is 124 Å². The smallest absolute Gasteiger partial charge is 0.379 e. The zero-order valence-electron chi connectivity index (χ0n) is 18.5. The number of halogens is 3. The number of aromatic nitrogens is 3. The largest absolute Gasteiger partial charge is 0.422 e. The van der Waals surface area contributed by atoms with Crippen LogP contribution in [0.3, 0.4) is 0 Å². The van der Waals surface area contributed by atoms with E-state index in [1.54, 1.807) is 18.2 Å². The first-order chi connectivity index (χ1) is 17.3. The van der Waals surface area contributed by atoms with Gasteiger partial charge in [0.2, 0.25) is 11.6 Å². The third kappa shape index (κ3) is 4.72. The summed E-state index contributed by atoms with van der Waals surface area (Å²) in [5.74, 6) is -1.75. The predicted molar refractivity (Wildman–Crippen MR) is 118 cm³/mol. The van der Waals surface area contributed by atoms with Gasteiger partial charge in [-0.2, -0.15) is 18.2 Å². The van der Waals surface area contributed by atoms with Gasteiger partial charge >= 0.3 is 6.18 Å². The minimum Gasteiger partial charge on any atom is -0.379 e. The molecule has 1 saturated heterocycles. The van der Waals surface area contributed by atoms with Gasteiger partial charge in [-0.15, -0.1) is 0 Å². The molecule has 5 rings (SSSR count). The summed E-state index contributed by atoms with van der Waals surface area (Å²) in [5, 5.41) is 20.4. The van der Waals surface area contributed by atoms with Gasteiger partial charge in [-0.25, -0.2) is 0 Å². The van der Waals surface area contributed by atoms with Crippen LogP contribution in [0.2, 0.25) is 0 Å². The second kappa shape index (κ2) is 9.55. The van der Waals surface area contributed by atoms with Crippen LogP contribution in [0.1, 0.15) is 23.7 Å². The molecule has 2 aromatic carbocycles. The zero-order valence-corrected chi connectivity index (χ0v) is 18.5. The number of hydrogen-bond donors (Lipinski definition) is 2. The van der Waals surface area contributed by atoms with E-state index in [9.17, 15) is 23.1 Å². The summed E-state index contributed by atoms with van der Waals surface area (Å²) in [6.45, 7) is 0.945. The summed E-state index contributed by atoms with van der Waals surface area (Å²) in [6.07, 6.45) is -5.52. The first kappa shape index (κ1) is 23.7. The Labute approximate surface area is 201 Å². The van der Waals surface area contributed by atoms with Crippen molar-refractivity contribution in [1.29, 1.82) is 0 Å². The molecule has 0 radical (unpaired) electrons. The molecular formula is C24H19F3N4O5. The van der Waals surface area contributed by atoms with Crippen molar-refractivity contribution in [2.45, 2.75) is 24.7 Å². The molecule has 1 fully saturated rings. The molecule has 1 aliphatic heterocycles. The maximum atomic E-state index is 13.9. The summed E-state index contributed by atoms with van der Waals surface area (Å²) in [7, 11) is 0. The van der Waals surface area contributed by atoms with E-state index in [0.29, 0.717) is 30.8 Å². The van der Waals surface area contributed by atoms with Crippen LogP contribution < -0.4 is 5.32 Å². The second-order valence-corrected chi connectivity index (χ2v) is 8.12. The van der Waals surface area contributed by atoms with E-state index in [2.05, 4.69) is 20.6 Å². The van der Waals surface area contributed by atoms with E-state index < -0.39 is 41.1 Å². The number of amides is 1. The van der Waals surface area contributed by atoms with Gasteiger partial charge in [0.05, 0.1) is 12.6 Å². The van der Waals surface area contributed by atoms with Gasteiger partial charge < -0.3 is 24.2 Å². The Balaban J connectivity index is 1.38. The van der Waals surface area contributed by atoms with Crippen LogP contribution in [0.25, 0.3) is 34.3 Å². The van der Waals surface area contributed by atoms with Gasteiger partial charge in [0.1, 0.15) is 11.3 Å². The molecule has 0 aliphatic carbocycles. The number of hydrogen-bond acceptors (Lipinski definition) is 8. The minimum absolute atomic E-state index is 0.00983. The third-order valence-corrected chi connectivity index (χ3v) is 5.65. The molecule has 0 bridgehead atoms. The maximum Gasteiger partial charge on any atom is 0.422 e. The number of aliphatic hydroxyl groups is 1. The minimum atomic E-state index is -4.79. The molecule has 0 spiro atoms. The van der Waals surface area contributed by atoms with E-state index in [1.165, 1.54) is 36.4 Å². The van der Waals surface area contributed by atoms with Crippen LogP contribution in [0.5, 0.6) is 0 Å². The summed E-state index contributed by atoms with van der Waals surface area (Å²) in [6, 6.07) is 13.7. The van der Waals surface area contributed by atoms with Gasteiger partial charge in [-0.3, -0.25) is 4.79 Å². The van der Waals surface area contributed by atoms with E-state index in [1.807, 2.05) is 0 Å². The highest BCUT2D eigenvalue weighted by Crippen LogP contribution is 2.43. The Morgan fingerprint density at radius 1 is 1.03 bits per heavy atom. The molecule has 36 heavy (non-hydrogen) atoms. The van der Waals surface area contributed by atoms with Crippen molar-refractivity contribution >= 4 is 5.91 Å². The third-order valence-electron chi connectivity index (χ3n) is 5.65. The number of ether oxygens (including phenoxy) is 1. The van der Waals surface area contributed by atoms with Gasteiger partial charge in [-0.1, -0.05) is 64.9 Å². The Hall–Kier alpha value is -4.03. The van der Waals surface area contributed by atoms with E-state index in [0.717, 1.165) is 0 Å². The molecule has 1 amide bonds. The highest BCUT2D eigenvalue weighted by Gasteiger charge is 2.43. The molecule has 3 heterocycles. The number of nitrogens with zero attached hydrogens (tertiary/aromatic N) is 3. The van der Waals surface area contributed by atoms with Gasteiger partial charge in [0.25, 0.3) is 11.8 Å². The fraction of sp³-hybridized carbons (Fsp3) is 0.250. The van der Waals surface area contributed by atoms with Gasteiger partial charge in [-0.05, 0) is 12.0 Å². The number of rotatable bonds is 6. The second-order valence-electron chi connectivity index (χ2n) is 8.12. The van der Waals surface area contributed by atoms with Crippen molar-refractivity contribution < 1.29 is 36.9 Å². The van der Waals surface area contributed by atoms with Crippen molar-refractivity contribution in [3.63, 3.8) is 0 Å². The highest BCUT2D eigenvalue weighted by atomic mass is 19.4. The van der Waals surface area contributed by atoms with Crippen molar-refractivity contribution in [3.8, 4) is 34.3 Å². The van der Waals surface area contributed by atoms with Crippen molar-refractivity contribution in [2.24, 2.45) is 0 Å². The zero-order chi connectivity index (χ0) is 25.3. The molecule has 2 N–H and O–H groups in total. The van der Waals surface area contributed by atoms with E-state index >= 15 is 0 Å². The maximum absolute atomic E-state index is 13.9. The first-order valence-electron chi connectivity index (χ1n) is 10.9. The fourth-order valence-corrected chi connectivity index (χ4v) is 3.82. The summed E-state index contributed by atoms with van der Waals surface area (Å²) < 4.78 is 57.0. The molecule has 0 saturated carbocycles. The van der Waals surface area contributed by atoms with Crippen molar-refractivity contribution in [3.05, 3.63) is 65.7 Å². The molecule has 9 nitrogen and oxygen atoms in total. The molecule has 1 unspecified atom stereocenters. The molecule has 186 valence electrons. The van der Waals surface area contributed by atoms with E-state index in [4.69, 9.17) is 13.8 Å². The summed E-state index contributed by atoms with van der Waals surface area (Å²) in [4.78, 5) is 16.3. The normalized spacial score (nSPS) is 16.7. The average molecular weight is 500 g/mol. The van der Waals surface area contributed by atoms with Crippen LogP contribution in [0.4, 0.5) is 13.2 Å². The molecule has 12 heteroatoms. The number of benzene rings is 2. The molecule has 1 aliphatic rings. The lowest BCUT2D eigenvalue weighted by molar-refractivity contribution is -0.137. The van der Waals surface area contributed by atoms with Crippen LogP contribution >= 0.6 is 0 Å². The number of aliphatic hydroxyl groups excluding tert-OH is 1. The lowest BCUT2D eigenvalue weighted by Gasteiger charge is -2.15. The quantitative estimate of drug-likeness (QED) is 0.407. The average Bonchev–Trinajstić information content (AvgIpc) is 3.64. The van der Waals surface area contributed by atoms with Crippen LogP contribution in [0, 0.1) is 0 Å². The molecular weight excluding hydrogens is 481 g/mol. The molecule has 2 aromatic heterocycles. The number of nitrogens with one attached hydrogen (secondary N) is 1. The lowest BCUT2D eigenvalue weighted by atomic mass is 10.1. The van der Waals surface area contributed by atoms with Crippen LogP contribution in [-0.4, -0.2) is 45.6 Å². The molecule has 4 aromatic rings. The fourth-order valence-electron chi connectivity index (χ4n) is 3.82. The van der Waals surface area contributed by atoms with Gasteiger partial charge in [0.15, 0.2) is 6.10 Å². The Morgan fingerprint density at radius 3 is 2.44 bits per heavy atom.